The van der Waals surface area contributed by atoms with Gasteiger partial charge in [-0.2, -0.15) is 0 Å². The lowest BCUT2D eigenvalue weighted by molar-refractivity contribution is -0.299. The van der Waals surface area contributed by atoms with Crippen LogP contribution in [0.3, 0.4) is 0 Å². The summed E-state index contributed by atoms with van der Waals surface area (Å²) in [6.45, 7) is 13.2. The second-order valence-corrected chi connectivity index (χ2v) is 14.1. The maximum Gasteiger partial charge on any atom is 0.162 e. The summed E-state index contributed by atoms with van der Waals surface area (Å²) in [5, 5.41) is 0. The molecule has 3 rings (SSSR count). The molecule has 124 valence electrons. The largest absolute Gasteiger partial charge is 0.350 e. The van der Waals surface area contributed by atoms with Crippen LogP contribution in [0.25, 0.3) is 0 Å². The zero-order chi connectivity index (χ0) is 16.0. The quantitative estimate of drug-likeness (QED) is 0.503. The van der Waals surface area contributed by atoms with Gasteiger partial charge in [-0.3, -0.25) is 0 Å². The standard InChI is InChI=1S/C19H32O2Si/c1-18(2)20-13-19(14-21-18)11-10-15(12-22(3,4)5)16-8-6-7-9-17(16)19/h6,8,12,16-17H,7,9-11,13-14H2,1-5H3/b15-12+/t16-,17+/m0/s1. The Morgan fingerprint density at radius 3 is 2.50 bits per heavy atom. The van der Waals surface area contributed by atoms with Crippen molar-refractivity contribution >= 4 is 8.07 Å². The highest BCUT2D eigenvalue weighted by Crippen LogP contribution is 2.53. The highest BCUT2D eigenvalue weighted by atomic mass is 28.3. The maximum absolute atomic E-state index is 6.09. The van der Waals surface area contributed by atoms with Crippen molar-refractivity contribution in [2.45, 2.75) is 65.0 Å². The fourth-order valence-electron chi connectivity index (χ4n) is 4.45. The molecule has 0 aromatic carbocycles. The summed E-state index contributed by atoms with van der Waals surface area (Å²) in [4.78, 5) is 0. The smallest absolute Gasteiger partial charge is 0.162 e. The molecule has 22 heavy (non-hydrogen) atoms. The summed E-state index contributed by atoms with van der Waals surface area (Å²) in [6.07, 6.45) is 9.84. The Morgan fingerprint density at radius 2 is 1.86 bits per heavy atom. The van der Waals surface area contributed by atoms with Gasteiger partial charge in [-0.05, 0) is 45.4 Å². The summed E-state index contributed by atoms with van der Waals surface area (Å²) in [5.41, 5.74) is 4.60. The van der Waals surface area contributed by atoms with E-state index in [4.69, 9.17) is 9.47 Å². The van der Waals surface area contributed by atoms with E-state index in [-0.39, 0.29) is 5.41 Å². The maximum atomic E-state index is 6.09. The SMILES string of the molecule is CC1(C)OCC2(CC/C(=C\[Si](C)(C)C)[C@@H]3C=CCC[C@H]32)CO1. The lowest BCUT2D eigenvalue weighted by Crippen LogP contribution is -2.54. The van der Waals surface area contributed by atoms with Crippen LogP contribution in [-0.2, 0) is 9.47 Å². The molecule has 0 amide bonds. The van der Waals surface area contributed by atoms with Crippen LogP contribution in [0.1, 0.15) is 39.5 Å². The van der Waals surface area contributed by atoms with E-state index in [1.165, 1.54) is 25.7 Å². The zero-order valence-corrected chi connectivity index (χ0v) is 15.9. The number of fused-ring (bicyclic) bond motifs is 2. The molecule has 2 fully saturated rings. The van der Waals surface area contributed by atoms with E-state index in [0.717, 1.165) is 13.2 Å². The summed E-state index contributed by atoms with van der Waals surface area (Å²) in [5.74, 6) is 0.923. The van der Waals surface area contributed by atoms with Crippen LogP contribution in [-0.4, -0.2) is 27.1 Å². The van der Waals surface area contributed by atoms with Crippen molar-refractivity contribution in [3.63, 3.8) is 0 Å². The molecule has 3 heteroatoms. The molecular weight excluding hydrogens is 288 g/mol. The number of rotatable bonds is 1. The molecule has 2 atom stereocenters. The van der Waals surface area contributed by atoms with E-state index < -0.39 is 13.9 Å². The first-order valence-electron chi connectivity index (χ1n) is 8.87. The number of ether oxygens (including phenoxy) is 2. The Labute approximate surface area is 137 Å². The van der Waals surface area contributed by atoms with Crippen LogP contribution in [0.15, 0.2) is 23.4 Å². The minimum absolute atomic E-state index is 0.238. The van der Waals surface area contributed by atoms with Crippen LogP contribution in [0.5, 0.6) is 0 Å². The average molecular weight is 321 g/mol. The first-order valence-corrected chi connectivity index (χ1v) is 12.4. The van der Waals surface area contributed by atoms with E-state index in [1.54, 1.807) is 5.57 Å². The predicted octanol–water partition coefficient (Wildman–Crippen LogP) is 4.94. The van der Waals surface area contributed by atoms with Crippen molar-refractivity contribution in [2.75, 3.05) is 13.2 Å². The Hall–Kier alpha value is -0.383. The van der Waals surface area contributed by atoms with Crippen molar-refractivity contribution in [3.05, 3.63) is 23.4 Å². The second-order valence-electron chi connectivity index (χ2n) is 9.06. The molecular formula is C19H32O2Si. The Balaban J connectivity index is 1.87. The topological polar surface area (TPSA) is 18.5 Å². The van der Waals surface area contributed by atoms with Gasteiger partial charge in [-0.1, -0.05) is 43.1 Å². The van der Waals surface area contributed by atoms with E-state index in [9.17, 15) is 0 Å². The van der Waals surface area contributed by atoms with Gasteiger partial charge in [-0.25, -0.2) is 0 Å². The van der Waals surface area contributed by atoms with Crippen molar-refractivity contribution in [1.82, 2.24) is 0 Å². The van der Waals surface area contributed by atoms with E-state index in [1.807, 2.05) is 13.8 Å². The molecule has 0 unspecified atom stereocenters. The summed E-state index contributed by atoms with van der Waals surface area (Å²) < 4.78 is 12.2. The van der Waals surface area contributed by atoms with Gasteiger partial charge in [0.1, 0.15) is 0 Å². The molecule has 2 aliphatic carbocycles. The summed E-state index contributed by atoms with van der Waals surface area (Å²) in [6, 6.07) is 0. The molecule has 0 aromatic heterocycles. The van der Waals surface area contributed by atoms with Gasteiger partial charge < -0.3 is 9.47 Å². The summed E-state index contributed by atoms with van der Waals surface area (Å²) in [7, 11) is -1.16. The van der Waals surface area contributed by atoms with Crippen molar-refractivity contribution < 1.29 is 9.47 Å². The molecule has 1 heterocycles. The minimum atomic E-state index is -1.16. The Kier molecular flexibility index (Phi) is 4.20. The Bertz CT molecular complexity index is 474. The van der Waals surface area contributed by atoms with Gasteiger partial charge >= 0.3 is 0 Å². The third kappa shape index (κ3) is 3.27. The number of hydrogen-bond donors (Lipinski definition) is 0. The lowest BCUT2D eigenvalue weighted by Gasteiger charge is -2.54. The van der Waals surface area contributed by atoms with Gasteiger partial charge in [-0.15, -0.1) is 0 Å². The van der Waals surface area contributed by atoms with Crippen molar-refractivity contribution in [1.29, 1.82) is 0 Å². The van der Waals surface area contributed by atoms with E-state index in [0.29, 0.717) is 11.8 Å². The van der Waals surface area contributed by atoms with Crippen molar-refractivity contribution in [2.24, 2.45) is 17.3 Å². The molecule has 0 bridgehead atoms. The van der Waals surface area contributed by atoms with Crippen LogP contribution in [0, 0.1) is 17.3 Å². The van der Waals surface area contributed by atoms with Crippen LogP contribution >= 0.6 is 0 Å². The molecule has 0 aromatic rings. The normalized spacial score (nSPS) is 35.6. The third-order valence-electron chi connectivity index (χ3n) is 5.58. The fraction of sp³-hybridized carbons (Fsp3) is 0.789. The van der Waals surface area contributed by atoms with E-state index in [2.05, 4.69) is 37.5 Å². The first kappa shape index (κ1) is 16.5. The predicted molar refractivity (Wildman–Crippen MR) is 94.4 cm³/mol. The molecule has 3 aliphatic rings. The molecule has 1 saturated carbocycles. The molecule has 1 spiro atoms. The minimum Gasteiger partial charge on any atom is -0.350 e. The highest BCUT2D eigenvalue weighted by molar-refractivity contribution is 6.81. The average Bonchev–Trinajstić information content (AvgIpc) is 2.44. The highest BCUT2D eigenvalue weighted by Gasteiger charge is 2.51. The third-order valence-corrected chi connectivity index (χ3v) is 6.82. The molecule has 0 N–H and O–H groups in total. The Morgan fingerprint density at radius 1 is 1.18 bits per heavy atom. The molecule has 2 nitrogen and oxygen atoms in total. The monoisotopic (exact) mass is 320 g/mol. The number of allylic oxidation sites excluding steroid dienone is 3. The fourth-order valence-corrected chi connectivity index (χ4v) is 5.90. The van der Waals surface area contributed by atoms with Crippen LogP contribution < -0.4 is 0 Å². The van der Waals surface area contributed by atoms with Gasteiger partial charge in [0, 0.05) is 11.3 Å². The molecule has 0 radical (unpaired) electrons. The first-order chi connectivity index (χ1) is 10.2. The zero-order valence-electron chi connectivity index (χ0n) is 14.9. The molecule has 1 aliphatic heterocycles. The van der Waals surface area contributed by atoms with Gasteiger partial charge in [0.05, 0.1) is 21.3 Å². The van der Waals surface area contributed by atoms with Gasteiger partial charge in [0.15, 0.2) is 5.79 Å². The van der Waals surface area contributed by atoms with Crippen LogP contribution in [0.4, 0.5) is 0 Å². The van der Waals surface area contributed by atoms with Gasteiger partial charge in [0.25, 0.3) is 0 Å². The molecule has 1 saturated heterocycles. The van der Waals surface area contributed by atoms with Gasteiger partial charge in [0.2, 0.25) is 0 Å². The summed E-state index contributed by atoms with van der Waals surface area (Å²) >= 11 is 0. The second kappa shape index (κ2) is 5.61. The van der Waals surface area contributed by atoms with E-state index >= 15 is 0 Å². The van der Waals surface area contributed by atoms with Crippen LogP contribution in [0.2, 0.25) is 19.6 Å². The lowest BCUT2D eigenvalue weighted by atomic mass is 9.58. The number of hydrogen-bond acceptors (Lipinski definition) is 2. The van der Waals surface area contributed by atoms with Crippen molar-refractivity contribution in [3.8, 4) is 0 Å².